The van der Waals surface area contributed by atoms with E-state index in [-0.39, 0.29) is 11.1 Å². The van der Waals surface area contributed by atoms with E-state index in [0.29, 0.717) is 22.8 Å². The third-order valence-corrected chi connectivity index (χ3v) is 5.01. The second kappa shape index (κ2) is 4.47. The van der Waals surface area contributed by atoms with Crippen molar-refractivity contribution in [1.82, 2.24) is 0 Å². The van der Waals surface area contributed by atoms with Gasteiger partial charge in [-0.1, -0.05) is 11.6 Å². The molecule has 0 amide bonds. The lowest BCUT2D eigenvalue weighted by atomic mass is 10.1. The number of benzene rings is 1. The van der Waals surface area contributed by atoms with Crippen LogP contribution in [0.4, 0.5) is 4.79 Å². The number of halogens is 1. The molecule has 1 heterocycles. The molecule has 1 aliphatic rings. The first-order valence-corrected chi connectivity index (χ1v) is 6.72. The summed E-state index contributed by atoms with van der Waals surface area (Å²) in [5.41, 5.74) is 0.579. The predicted molar refractivity (Wildman–Crippen MR) is 64.9 cm³/mol. The minimum Gasteiger partial charge on any atom is -0.462 e. The molecule has 0 aromatic heterocycles. The molecule has 2 rings (SSSR count). The smallest absolute Gasteiger partial charge is 0.350 e. The Balaban J connectivity index is 2.48. The van der Waals surface area contributed by atoms with Crippen molar-refractivity contribution in [2.75, 3.05) is 12.9 Å². The number of thiol groups is 1. The van der Waals surface area contributed by atoms with Crippen LogP contribution in [0, 0.1) is 0 Å². The molecule has 0 saturated heterocycles. The zero-order valence-corrected chi connectivity index (χ0v) is 10.3. The highest BCUT2D eigenvalue weighted by atomic mass is 35.5. The minimum atomic E-state index is -1.03. The number of Topliss-reactive ketones (excluding diaryl/α,β-unsaturated/α-hetero) is 1. The molecule has 0 bridgehead atoms. The molecule has 5 heteroatoms. The first-order chi connectivity index (χ1) is 7.63. The predicted octanol–water partition coefficient (Wildman–Crippen LogP) is 3.05. The molecule has 1 unspecified atom stereocenters. The van der Waals surface area contributed by atoms with Gasteiger partial charge in [-0.05, 0) is 24.0 Å². The van der Waals surface area contributed by atoms with Crippen LogP contribution < -0.4 is 0 Å². The topological polar surface area (TPSA) is 43.4 Å². The second-order valence-electron chi connectivity index (χ2n) is 3.46. The van der Waals surface area contributed by atoms with Crippen LogP contribution in [0.5, 0.6) is 0 Å². The van der Waals surface area contributed by atoms with Crippen LogP contribution in [0.3, 0.4) is 0 Å². The third-order valence-electron chi connectivity index (χ3n) is 2.51. The van der Waals surface area contributed by atoms with Gasteiger partial charge < -0.3 is 4.74 Å². The van der Waals surface area contributed by atoms with Crippen molar-refractivity contribution >= 4 is 33.6 Å². The van der Waals surface area contributed by atoms with Crippen molar-refractivity contribution < 1.29 is 14.3 Å². The summed E-state index contributed by atoms with van der Waals surface area (Å²) in [6.45, 7) is 0. The number of carbonyl (C=O) groups is 2. The van der Waals surface area contributed by atoms with Gasteiger partial charge in [-0.15, -0.1) is 10.9 Å². The van der Waals surface area contributed by atoms with Crippen molar-refractivity contribution in [3.05, 3.63) is 28.8 Å². The summed E-state index contributed by atoms with van der Waals surface area (Å²) in [6, 6.07) is 5.10. The zero-order valence-electron chi connectivity index (χ0n) is 8.70. The van der Waals surface area contributed by atoms with Crippen LogP contribution in [0.1, 0.15) is 16.8 Å². The second-order valence-corrected chi connectivity index (χ2v) is 6.04. The van der Waals surface area contributed by atoms with Gasteiger partial charge >= 0.3 is 5.30 Å². The van der Waals surface area contributed by atoms with Crippen LogP contribution in [0.2, 0.25) is 5.02 Å². The van der Waals surface area contributed by atoms with Gasteiger partial charge in [-0.3, -0.25) is 4.79 Å². The summed E-state index contributed by atoms with van der Waals surface area (Å²) in [5.74, 6) is 0.635. The molecule has 1 aliphatic heterocycles. The number of ketones is 1. The number of carbonyl (C=O) groups excluding carboxylic acids is 2. The van der Waals surface area contributed by atoms with Gasteiger partial charge in [-0.25, -0.2) is 4.79 Å². The van der Waals surface area contributed by atoms with Crippen LogP contribution in [0.25, 0.3) is 0 Å². The maximum atomic E-state index is 11.7. The van der Waals surface area contributed by atoms with Gasteiger partial charge in [0.2, 0.25) is 0 Å². The highest BCUT2D eigenvalue weighted by Gasteiger charge is 2.28. The molecule has 3 nitrogen and oxygen atoms in total. The monoisotopic (exact) mass is 258 g/mol. The average Bonchev–Trinajstić information content (AvgIpc) is 2.29. The van der Waals surface area contributed by atoms with E-state index < -0.39 is 10.9 Å². The van der Waals surface area contributed by atoms with Gasteiger partial charge in [0, 0.05) is 21.9 Å². The highest BCUT2D eigenvalue weighted by Crippen LogP contribution is 2.45. The van der Waals surface area contributed by atoms with E-state index in [4.69, 9.17) is 16.3 Å². The van der Waals surface area contributed by atoms with E-state index in [1.807, 2.05) is 0 Å². The van der Waals surface area contributed by atoms with Crippen LogP contribution >= 0.6 is 22.5 Å². The summed E-state index contributed by atoms with van der Waals surface area (Å²) in [6.07, 6.45) is 0.397. The van der Waals surface area contributed by atoms with E-state index in [1.54, 1.807) is 18.2 Å². The van der Waals surface area contributed by atoms with Crippen molar-refractivity contribution in [3.8, 4) is 0 Å². The van der Waals surface area contributed by atoms with Crippen molar-refractivity contribution in [2.45, 2.75) is 11.3 Å². The molecular weight excluding hydrogens is 248 g/mol. The summed E-state index contributed by atoms with van der Waals surface area (Å²) >= 11 is 5.84. The number of hydrogen-bond donors (Lipinski definition) is 1. The summed E-state index contributed by atoms with van der Waals surface area (Å²) in [4.78, 5) is 24.1. The fourth-order valence-corrected chi connectivity index (χ4v) is 3.91. The Labute approximate surface area is 101 Å². The van der Waals surface area contributed by atoms with Gasteiger partial charge in [0.25, 0.3) is 0 Å². The quantitative estimate of drug-likeness (QED) is 0.575. The minimum absolute atomic E-state index is 0.0557. The SMILES string of the molecule is COC(=O)[SH]1CCC(=O)c2cc(Cl)ccc21. The lowest BCUT2D eigenvalue weighted by Gasteiger charge is -2.25. The van der Waals surface area contributed by atoms with E-state index in [1.165, 1.54) is 7.11 Å². The number of hydrogen-bond acceptors (Lipinski definition) is 3. The summed E-state index contributed by atoms with van der Waals surface area (Å²) < 4.78 is 4.76. The van der Waals surface area contributed by atoms with Gasteiger partial charge in [0.05, 0.1) is 7.11 Å². The van der Waals surface area contributed by atoms with E-state index >= 15 is 0 Å². The Morgan fingerprint density at radius 3 is 2.94 bits per heavy atom. The number of fused-ring (bicyclic) bond motifs is 1. The van der Waals surface area contributed by atoms with E-state index in [2.05, 4.69) is 0 Å². The number of ether oxygens (including phenoxy) is 1. The molecule has 16 heavy (non-hydrogen) atoms. The Bertz CT molecular complexity index is 459. The van der Waals surface area contributed by atoms with Crippen molar-refractivity contribution in [1.29, 1.82) is 0 Å². The van der Waals surface area contributed by atoms with Crippen LogP contribution in [-0.4, -0.2) is 23.9 Å². The van der Waals surface area contributed by atoms with E-state index in [0.717, 1.165) is 4.90 Å². The molecule has 1 aromatic carbocycles. The molecule has 86 valence electrons. The fraction of sp³-hybridized carbons (Fsp3) is 0.273. The van der Waals surface area contributed by atoms with E-state index in [9.17, 15) is 9.59 Å². The molecule has 0 N–H and O–H groups in total. The first-order valence-electron chi connectivity index (χ1n) is 4.81. The summed E-state index contributed by atoms with van der Waals surface area (Å²) in [5, 5.41) is 0.292. The Hall–Kier alpha value is -1.00. The molecule has 0 radical (unpaired) electrons. The van der Waals surface area contributed by atoms with Crippen LogP contribution in [-0.2, 0) is 4.74 Å². The summed E-state index contributed by atoms with van der Waals surface area (Å²) in [7, 11) is 0.343. The lowest BCUT2D eigenvalue weighted by molar-refractivity contribution is 0.0984. The third kappa shape index (κ3) is 1.95. The van der Waals surface area contributed by atoms with Crippen molar-refractivity contribution in [2.24, 2.45) is 0 Å². The molecule has 1 aromatic rings. The van der Waals surface area contributed by atoms with Gasteiger partial charge in [-0.2, -0.15) is 0 Å². The normalized spacial score (nSPS) is 21.4. The molecule has 0 saturated carbocycles. The van der Waals surface area contributed by atoms with Crippen LogP contribution in [0.15, 0.2) is 23.1 Å². The number of rotatable bonds is 0. The average molecular weight is 259 g/mol. The fourth-order valence-electron chi connectivity index (χ4n) is 1.74. The first kappa shape index (κ1) is 11.5. The lowest BCUT2D eigenvalue weighted by Crippen LogP contribution is -2.16. The Kier molecular flexibility index (Phi) is 3.21. The maximum absolute atomic E-state index is 11.7. The zero-order chi connectivity index (χ0) is 11.7. The Morgan fingerprint density at radius 2 is 2.25 bits per heavy atom. The van der Waals surface area contributed by atoms with Crippen molar-refractivity contribution in [3.63, 3.8) is 0 Å². The molecule has 0 spiro atoms. The molecule has 1 atom stereocenters. The molecule has 0 fully saturated rings. The van der Waals surface area contributed by atoms with Gasteiger partial charge in [0.1, 0.15) is 0 Å². The molecular formula is C11H11ClO3S. The Morgan fingerprint density at radius 1 is 1.50 bits per heavy atom. The molecule has 0 aliphatic carbocycles. The standard InChI is InChI=1S/C11H11ClO3S/c1-15-11(14)16-5-4-9(13)8-6-7(12)2-3-10(8)16/h2-3,6,16H,4-5H2,1H3. The largest absolute Gasteiger partial charge is 0.462 e. The number of methoxy groups -OCH3 is 1. The maximum Gasteiger partial charge on any atom is 0.350 e. The highest BCUT2D eigenvalue weighted by molar-refractivity contribution is 8.29. The van der Waals surface area contributed by atoms with Gasteiger partial charge in [0.15, 0.2) is 5.78 Å².